The van der Waals surface area contributed by atoms with Crippen molar-refractivity contribution in [3.05, 3.63) is 29.6 Å². The van der Waals surface area contributed by atoms with E-state index in [1.54, 1.807) is 23.9 Å². The van der Waals surface area contributed by atoms with E-state index in [1.807, 2.05) is 13.1 Å². The van der Waals surface area contributed by atoms with Gasteiger partial charge in [-0.3, -0.25) is 0 Å². The van der Waals surface area contributed by atoms with Crippen LogP contribution in [-0.2, 0) is 6.42 Å². The van der Waals surface area contributed by atoms with E-state index in [0.29, 0.717) is 6.04 Å². The van der Waals surface area contributed by atoms with Gasteiger partial charge in [0.1, 0.15) is 5.82 Å². The van der Waals surface area contributed by atoms with Crippen LogP contribution in [0.25, 0.3) is 0 Å². The third kappa shape index (κ3) is 4.38. The Bertz CT molecular complexity index is 411. The summed E-state index contributed by atoms with van der Waals surface area (Å²) in [5.41, 5.74) is 7.78. The number of halogens is 1. The predicted molar refractivity (Wildman–Crippen MR) is 89.2 cm³/mol. The van der Waals surface area contributed by atoms with Gasteiger partial charge in [-0.05, 0) is 37.1 Å². The SMILES string of the molecule is CCC(N)Cc1cccc(F)c1N(C)C(CC)CSC. The van der Waals surface area contributed by atoms with Crippen LogP contribution in [0.3, 0.4) is 0 Å². The zero-order valence-corrected chi connectivity index (χ0v) is 13.8. The van der Waals surface area contributed by atoms with Crippen molar-refractivity contribution in [2.24, 2.45) is 5.73 Å². The smallest absolute Gasteiger partial charge is 0.146 e. The summed E-state index contributed by atoms with van der Waals surface area (Å²) in [5, 5.41) is 0. The molecular weight excluding hydrogens is 271 g/mol. The fraction of sp³-hybridized carbons (Fsp3) is 0.625. The van der Waals surface area contributed by atoms with E-state index in [0.717, 1.165) is 36.3 Å². The minimum absolute atomic E-state index is 0.0876. The molecule has 0 heterocycles. The highest BCUT2D eigenvalue weighted by atomic mass is 32.2. The number of nitrogens with two attached hydrogens (primary N) is 1. The molecule has 0 aliphatic carbocycles. The van der Waals surface area contributed by atoms with E-state index in [-0.39, 0.29) is 11.9 Å². The van der Waals surface area contributed by atoms with E-state index < -0.39 is 0 Å². The van der Waals surface area contributed by atoms with E-state index in [1.165, 1.54) is 0 Å². The Morgan fingerprint density at radius 1 is 1.30 bits per heavy atom. The van der Waals surface area contributed by atoms with E-state index in [9.17, 15) is 4.39 Å². The van der Waals surface area contributed by atoms with Gasteiger partial charge in [0.05, 0.1) is 5.69 Å². The van der Waals surface area contributed by atoms with Crippen molar-refractivity contribution in [2.75, 3.05) is 24.0 Å². The highest BCUT2D eigenvalue weighted by Crippen LogP contribution is 2.28. The average Bonchev–Trinajstić information content (AvgIpc) is 2.44. The molecule has 0 aromatic heterocycles. The topological polar surface area (TPSA) is 29.3 Å². The minimum atomic E-state index is -0.146. The molecule has 1 rings (SSSR count). The Morgan fingerprint density at radius 3 is 2.55 bits per heavy atom. The molecule has 1 aromatic rings. The molecule has 0 radical (unpaired) electrons. The number of thioether (sulfide) groups is 1. The fourth-order valence-corrected chi connectivity index (χ4v) is 3.27. The second-order valence-electron chi connectivity index (χ2n) is 5.25. The number of benzene rings is 1. The minimum Gasteiger partial charge on any atom is -0.368 e. The van der Waals surface area contributed by atoms with E-state index in [2.05, 4.69) is 25.0 Å². The molecule has 4 heteroatoms. The Morgan fingerprint density at radius 2 is 2.00 bits per heavy atom. The summed E-state index contributed by atoms with van der Waals surface area (Å²) in [5.74, 6) is 0.855. The monoisotopic (exact) mass is 298 g/mol. The van der Waals surface area contributed by atoms with Crippen LogP contribution in [0.15, 0.2) is 18.2 Å². The first kappa shape index (κ1) is 17.3. The zero-order valence-electron chi connectivity index (χ0n) is 13.0. The molecule has 1 aromatic carbocycles. The van der Waals surface area contributed by atoms with Gasteiger partial charge in [0.15, 0.2) is 0 Å². The Labute approximate surface area is 126 Å². The van der Waals surface area contributed by atoms with Crippen molar-refractivity contribution in [3.8, 4) is 0 Å². The van der Waals surface area contributed by atoms with E-state index in [4.69, 9.17) is 5.73 Å². The molecule has 0 aliphatic rings. The van der Waals surface area contributed by atoms with Gasteiger partial charge in [-0.1, -0.05) is 26.0 Å². The van der Waals surface area contributed by atoms with Crippen molar-refractivity contribution in [1.82, 2.24) is 0 Å². The standard InChI is InChI=1S/C16H27FN2S/c1-5-13(18)10-12-8-7-9-15(17)16(12)19(3)14(6-2)11-20-4/h7-9,13-14H,5-6,10-11,18H2,1-4H3. The van der Waals surface area contributed by atoms with Crippen molar-refractivity contribution in [2.45, 2.75) is 45.2 Å². The molecule has 0 fully saturated rings. The second-order valence-corrected chi connectivity index (χ2v) is 6.16. The van der Waals surface area contributed by atoms with Crippen LogP contribution in [-0.4, -0.2) is 31.1 Å². The zero-order chi connectivity index (χ0) is 15.1. The summed E-state index contributed by atoms with van der Waals surface area (Å²) in [6.07, 6.45) is 4.72. The van der Waals surface area contributed by atoms with Gasteiger partial charge in [-0.15, -0.1) is 0 Å². The number of rotatable bonds is 8. The molecular formula is C16H27FN2S. The summed E-state index contributed by atoms with van der Waals surface area (Å²) >= 11 is 1.80. The molecule has 0 amide bonds. The maximum Gasteiger partial charge on any atom is 0.146 e. The van der Waals surface area contributed by atoms with Crippen LogP contribution in [0.4, 0.5) is 10.1 Å². The normalized spacial score (nSPS) is 14.1. The maximum atomic E-state index is 14.3. The first-order chi connectivity index (χ1) is 9.54. The fourth-order valence-electron chi connectivity index (χ4n) is 2.42. The lowest BCUT2D eigenvalue weighted by Gasteiger charge is -2.31. The molecule has 2 nitrogen and oxygen atoms in total. The average molecular weight is 298 g/mol. The molecule has 114 valence electrons. The second kappa shape index (κ2) is 8.53. The molecule has 2 unspecified atom stereocenters. The summed E-state index contributed by atoms with van der Waals surface area (Å²) in [4.78, 5) is 2.09. The predicted octanol–water partition coefficient (Wildman–Crippen LogP) is 3.68. The van der Waals surface area contributed by atoms with Gasteiger partial charge in [0, 0.05) is 24.9 Å². The molecule has 20 heavy (non-hydrogen) atoms. The van der Waals surface area contributed by atoms with Crippen LogP contribution >= 0.6 is 11.8 Å². The largest absolute Gasteiger partial charge is 0.368 e. The van der Waals surface area contributed by atoms with Gasteiger partial charge in [-0.25, -0.2) is 4.39 Å². The summed E-state index contributed by atoms with van der Waals surface area (Å²) in [7, 11) is 1.99. The van der Waals surface area contributed by atoms with Gasteiger partial charge < -0.3 is 10.6 Å². The molecule has 0 saturated heterocycles. The van der Waals surface area contributed by atoms with Crippen LogP contribution in [0.2, 0.25) is 0 Å². The van der Waals surface area contributed by atoms with Crippen LogP contribution in [0, 0.1) is 5.82 Å². The Kier molecular flexibility index (Phi) is 7.38. The number of hydrogen-bond acceptors (Lipinski definition) is 3. The van der Waals surface area contributed by atoms with Crippen molar-refractivity contribution in [1.29, 1.82) is 0 Å². The Balaban J connectivity index is 3.07. The van der Waals surface area contributed by atoms with Crippen molar-refractivity contribution in [3.63, 3.8) is 0 Å². The van der Waals surface area contributed by atoms with Gasteiger partial charge >= 0.3 is 0 Å². The van der Waals surface area contributed by atoms with Crippen molar-refractivity contribution < 1.29 is 4.39 Å². The highest BCUT2D eigenvalue weighted by Gasteiger charge is 2.20. The van der Waals surface area contributed by atoms with Gasteiger partial charge in [-0.2, -0.15) is 11.8 Å². The van der Waals surface area contributed by atoms with Gasteiger partial charge in [0.2, 0.25) is 0 Å². The third-order valence-electron chi connectivity index (χ3n) is 3.81. The quantitative estimate of drug-likeness (QED) is 0.794. The van der Waals surface area contributed by atoms with Crippen molar-refractivity contribution >= 4 is 17.4 Å². The third-order valence-corrected chi connectivity index (χ3v) is 4.53. The molecule has 2 atom stereocenters. The van der Waals surface area contributed by atoms with E-state index >= 15 is 0 Å². The van der Waals surface area contributed by atoms with Crippen LogP contribution in [0.5, 0.6) is 0 Å². The van der Waals surface area contributed by atoms with Crippen LogP contribution in [0.1, 0.15) is 32.3 Å². The molecule has 0 bridgehead atoms. The lowest BCUT2D eigenvalue weighted by Crippen LogP contribution is -2.35. The number of para-hydroxylation sites is 1. The number of anilines is 1. The molecule has 0 aliphatic heterocycles. The molecule has 0 saturated carbocycles. The molecule has 2 N–H and O–H groups in total. The summed E-state index contributed by atoms with van der Waals surface area (Å²) in [6, 6.07) is 5.75. The number of nitrogens with zero attached hydrogens (tertiary/aromatic N) is 1. The summed E-state index contributed by atoms with van der Waals surface area (Å²) in [6.45, 7) is 4.21. The van der Waals surface area contributed by atoms with Gasteiger partial charge in [0.25, 0.3) is 0 Å². The lowest BCUT2D eigenvalue weighted by atomic mass is 10.0. The van der Waals surface area contributed by atoms with Crippen LogP contribution < -0.4 is 10.6 Å². The first-order valence-electron chi connectivity index (χ1n) is 7.29. The number of hydrogen-bond donors (Lipinski definition) is 1. The highest BCUT2D eigenvalue weighted by molar-refractivity contribution is 7.98. The first-order valence-corrected chi connectivity index (χ1v) is 8.69. The maximum absolute atomic E-state index is 14.3. The summed E-state index contributed by atoms with van der Waals surface area (Å²) < 4.78 is 14.3. The molecule has 0 spiro atoms. The Hall–Kier alpha value is -0.740. The lowest BCUT2D eigenvalue weighted by molar-refractivity contribution is 0.590.